The van der Waals surface area contributed by atoms with Crippen molar-refractivity contribution >= 4 is 5.91 Å². The molecule has 0 radical (unpaired) electrons. The smallest absolute Gasteiger partial charge is 0.241 e. The first-order chi connectivity index (χ1) is 10.2. The summed E-state index contributed by atoms with van der Waals surface area (Å²) in [5, 5.41) is 3.51. The first-order valence-electron chi connectivity index (χ1n) is 8.32. The molecule has 1 amide bonds. The lowest BCUT2D eigenvalue weighted by Gasteiger charge is -2.30. The molecule has 3 heteroatoms. The highest BCUT2D eigenvalue weighted by molar-refractivity contribution is 5.84. The van der Waals surface area contributed by atoms with Crippen LogP contribution in [0.5, 0.6) is 0 Å². The maximum Gasteiger partial charge on any atom is 0.241 e. The van der Waals surface area contributed by atoms with E-state index in [1.165, 1.54) is 30.4 Å². The Hall–Kier alpha value is -1.35. The summed E-state index contributed by atoms with van der Waals surface area (Å²) in [6.45, 7) is 5.07. The van der Waals surface area contributed by atoms with Gasteiger partial charge in [-0.3, -0.25) is 10.1 Å². The predicted octanol–water partition coefficient (Wildman–Crippen LogP) is 3.39. The summed E-state index contributed by atoms with van der Waals surface area (Å²) in [5.41, 5.74) is 2.47. The van der Waals surface area contributed by atoms with Crippen molar-refractivity contribution in [3.8, 4) is 0 Å². The number of rotatable bonds is 5. The minimum Gasteiger partial charge on any atom is -0.322 e. The monoisotopic (exact) mass is 286 g/mol. The molecule has 1 saturated heterocycles. The lowest BCUT2D eigenvalue weighted by atomic mass is 9.83. The van der Waals surface area contributed by atoms with E-state index in [0.29, 0.717) is 0 Å². The van der Waals surface area contributed by atoms with E-state index in [-0.39, 0.29) is 18.1 Å². The molecule has 1 aliphatic heterocycles. The van der Waals surface area contributed by atoms with Gasteiger partial charge in [-0.1, -0.05) is 56.0 Å². The fourth-order valence-corrected chi connectivity index (χ4v) is 3.34. The third-order valence-corrected chi connectivity index (χ3v) is 5.06. The van der Waals surface area contributed by atoms with Gasteiger partial charge in [-0.2, -0.15) is 0 Å². The Kier molecular flexibility index (Phi) is 4.29. The van der Waals surface area contributed by atoms with Crippen LogP contribution in [0.25, 0.3) is 0 Å². The number of nitrogens with zero attached hydrogens (tertiary/aromatic N) is 1. The molecular weight excluding hydrogens is 260 g/mol. The topological polar surface area (TPSA) is 32.3 Å². The zero-order valence-corrected chi connectivity index (χ0v) is 13.1. The number of hydrogen-bond acceptors (Lipinski definition) is 2. The van der Waals surface area contributed by atoms with Gasteiger partial charge >= 0.3 is 0 Å². The molecule has 3 rings (SSSR count). The highest BCUT2D eigenvalue weighted by Gasteiger charge is 2.38. The van der Waals surface area contributed by atoms with Gasteiger partial charge in [0.25, 0.3) is 0 Å². The Morgan fingerprint density at radius 2 is 1.95 bits per heavy atom. The summed E-state index contributed by atoms with van der Waals surface area (Å²) in [6.07, 6.45) is 6.15. The number of amides is 1. The van der Waals surface area contributed by atoms with Crippen LogP contribution in [-0.2, 0) is 4.79 Å². The number of hydrogen-bond donors (Lipinski definition) is 1. The van der Waals surface area contributed by atoms with Gasteiger partial charge in [-0.15, -0.1) is 0 Å². The average molecular weight is 286 g/mol. The van der Waals surface area contributed by atoms with Gasteiger partial charge in [-0.05, 0) is 31.2 Å². The maximum absolute atomic E-state index is 12.6. The second-order valence-corrected chi connectivity index (χ2v) is 6.56. The van der Waals surface area contributed by atoms with E-state index < -0.39 is 0 Å². The zero-order chi connectivity index (χ0) is 14.8. The average Bonchev–Trinajstić information content (AvgIpc) is 2.75. The first-order valence-corrected chi connectivity index (χ1v) is 8.32. The number of benzene rings is 1. The normalized spacial score (nSPS) is 26.2. The van der Waals surface area contributed by atoms with Gasteiger partial charge < -0.3 is 4.90 Å². The molecule has 114 valence electrons. The summed E-state index contributed by atoms with van der Waals surface area (Å²) in [6, 6.07) is 8.54. The maximum atomic E-state index is 12.6. The molecule has 0 spiro atoms. The van der Waals surface area contributed by atoms with E-state index in [2.05, 4.69) is 48.3 Å². The second-order valence-electron chi connectivity index (χ2n) is 6.56. The molecule has 21 heavy (non-hydrogen) atoms. The lowest BCUT2D eigenvalue weighted by Crippen LogP contribution is -2.33. The largest absolute Gasteiger partial charge is 0.322 e. The minimum atomic E-state index is -0.0160. The van der Waals surface area contributed by atoms with Crippen molar-refractivity contribution in [2.75, 3.05) is 6.54 Å². The zero-order valence-electron chi connectivity index (χ0n) is 13.1. The lowest BCUT2D eigenvalue weighted by molar-refractivity contribution is -0.130. The number of carbonyl (C=O) groups is 1. The molecule has 1 N–H and O–H groups in total. The molecule has 1 saturated carbocycles. The third kappa shape index (κ3) is 2.98. The van der Waals surface area contributed by atoms with Crippen LogP contribution in [0, 0.1) is 12.8 Å². The quantitative estimate of drug-likeness (QED) is 0.900. The van der Waals surface area contributed by atoms with E-state index in [9.17, 15) is 4.79 Å². The number of nitrogens with one attached hydrogen (secondary N) is 1. The molecule has 0 bridgehead atoms. The fraction of sp³-hybridized carbons (Fsp3) is 0.611. The van der Waals surface area contributed by atoms with Crippen LogP contribution in [0.4, 0.5) is 0 Å². The van der Waals surface area contributed by atoms with Gasteiger partial charge in [0.1, 0.15) is 6.17 Å². The van der Waals surface area contributed by atoms with E-state index in [1.54, 1.807) is 0 Å². The summed E-state index contributed by atoms with van der Waals surface area (Å²) in [7, 11) is 0. The van der Waals surface area contributed by atoms with Crippen LogP contribution in [-0.4, -0.2) is 23.4 Å². The van der Waals surface area contributed by atoms with Crippen LogP contribution in [0.2, 0.25) is 0 Å². The molecule has 2 atom stereocenters. The van der Waals surface area contributed by atoms with Crippen LogP contribution in [0.3, 0.4) is 0 Å². The standard InChI is InChI=1S/C18H26N2O/c1-3-16-18(21)20(12-11-14-5-4-6-14)17(19-16)15-9-7-13(2)8-10-15/h7-10,14,16-17,19H,3-6,11-12H2,1-2H3. The Labute approximate surface area is 127 Å². The van der Waals surface area contributed by atoms with Crippen molar-refractivity contribution in [2.45, 2.75) is 58.2 Å². The van der Waals surface area contributed by atoms with Crippen molar-refractivity contribution in [1.82, 2.24) is 10.2 Å². The predicted molar refractivity (Wildman–Crippen MR) is 84.8 cm³/mol. The third-order valence-electron chi connectivity index (χ3n) is 5.06. The summed E-state index contributed by atoms with van der Waals surface area (Å²) < 4.78 is 0. The Balaban J connectivity index is 1.74. The molecule has 3 nitrogen and oxygen atoms in total. The molecule has 1 heterocycles. The molecule has 0 aromatic heterocycles. The van der Waals surface area contributed by atoms with Crippen molar-refractivity contribution in [2.24, 2.45) is 5.92 Å². The van der Waals surface area contributed by atoms with E-state index in [0.717, 1.165) is 25.3 Å². The molecule has 2 aliphatic rings. The second kappa shape index (κ2) is 6.18. The summed E-state index contributed by atoms with van der Waals surface area (Å²) in [5.74, 6) is 1.12. The summed E-state index contributed by atoms with van der Waals surface area (Å²) in [4.78, 5) is 14.6. The molecular formula is C18H26N2O. The minimum absolute atomic E-state index is 0.0160. The van der Waals surface area contributed by atoms with Crippen molar-refractivity contribution in [3.05, 3.63) is 35.4 Å². The molecule has 2 fully saturated rings. The van der Waals surface area contributed by atoms with Gasteiger partial charge in [0.05, 0.1) is 6.04 Å². The van der Waals surface area contributed by atoms with Gasteiger partial charge in [0, 0.05) is 6.54 Å². The molecule has 2 unspecified atom stereocenters. The van der Waals surface area contributed by atoms with E-state index in [4.69, 9.17) is 0 Å². The Morgan fingerprint density at radius 1 is 1.24 bits per heavy atom. The molecule has 1 aromatic rings. The highest BCUT2D eigenvalue weighted by Crippen LogP contribution is 2.32. The van der Waals surface area contributed by atoms with Crippen molar-refractivity contribution in [1.29, 1.82) is 0 Å². The van der Waals surface area contributed by atoms with Crippen LogP contribution in [0.15, 0.2) is 24.3 Å². The van der Waals surface area contributed by atoms with Crippen molar-refractivity contribution < 1.29 is 4.79 Å². The first kappa shape index (κ1) is 14.6. The van der Waals surface area contributed by atoms with Crippen molar-refractivity contribution in [3.63, 3.8) is 0 Å². The van der Waals surface area contributed by atoms with E-state index in [1.807, 2.05) is 0 Å². The van der Waals surface area contributed by atoms with Crippen LogP contribution in [0.1, 0.15) is 56.3 Å². The SMILES string of the molecule is CCC1NC(c2ccc(C)cc2)N(CCC2CCC2)C1=O. The molecule has 1 aromatic carbocycles. The molecule has 1 aliphatic carbocycles. The highest BCUT2D eigenvalue weighted by atomic mass is 16.2. The Bertz CT molecular complexity index is 492. The van der Waals surface area contributed by atoms with Gasteiger partial charge in [-0.25, -0.2) is 0 Å². The van der Waals surface area contributed by atoms with E-state index >= 15 is 0 Å². The fourth-order valence-electron chi connectivity index (χ4n) is 3.34. The van der Waals surface area contributed by atoms with Crippen LogP contribution < -0.4 is 5.32 Å². The summed E-state index contributed by atoms with van der Waals surface area (Å²) >= 11 is 0. The van der Waals surface area contributed by atoms with Gasteiger partial charge in [0.15, 0.2) is 0 Å². The number of carbonyl (C=O) groups excluding carboxylic acids is 1. The Morgan fingerprint density at radius 3 is 2.52 bits per heavy atom. The number of aryl methyl sites for hydroxylation is 1. The van der Waals surface area contributed by atoms with Crippen LogP contribution >= 0.6 is 0 Å². The van der Waals surface area contributed by atoms with Gasteiger partial charge in [0.2, 0.25) is 5.91 Å².